The number of esters is 1. The van der Waals surface area contributed by atoms with E-state index in [4.69, 9.17) is 9.47 Å². The maximum Gasteiger partial charge on any atom is 0.340 e. The highest BCUT2D eigenvalue weighted by molar-refractivity contribution is 6.01. The van der Waals surface area contributed by atoms with Crippen LogP contribution in [0, 0.1) is 21.7 Å². The van der Waals surface area contributed by atoms with Crippen molar-refractivity contribution in [2.24, 2.45) is 0 Å². The largest absolute Gasteiger partial charge is 0.454 e. The molecule has 1 N–H and O–H groups in total. The number of carbonyl (C=O) groups is 2. The van der Waals surface area contributed by atoms with E-state index in [2.05, 4.69) is 5.32 Å². The van der Waals surface area contributed by atoms with Crippen LogP contribution in [0.15, 0.2) is 36.4 Å². The molecule has 0 bridgehead atoms. The SMILES string of the molecule is COCCNc1ccc([N+](=O)[O-])cc1C(=O)OCC(=O)c1ccc(F)c(F)c1. The van der Waals surface area contributed by atoms with Crippen molar-refractivity contribution in [1.82, 2.24) is 0 Å². The zero-order valence-electron chi connectivity index (χ0n) is 14.7. The molecular formula is C18H16F2N2O6. The molecule has 0 radical (unpaired) electrons. The predicted molar refractivity (Wildman–Crippen MR) is 94.4 cm³/mol. The molecule has 0 aliphatic heterocycles. The lowest BCUT2D eigenvalue weighted by atomic mass is 10.1. The Kier molecular flexibility index (Phi) is 7.10. The Hall–Kier alpha value is -3.40. The van der Waals surface area contributed by atoms with Crippen LogP contribution < -0.4 is 5.32 Å². The van der Waals surface area contributed by atoms with Crippen LogP contribution in [-0.2, 0) is 9.47 Å². The Morgan fingerprint density at radius 1 is 1.14 bits per heavy atom. The minimum Gasteiger partial charge on any atom is -0.454 e. The quantitative estimate of drug-likeness (QED) is 0.229. The van der Waals surface area contributed by atoms with Crippen molar-refractivity contribution < 1.29 is 32.8 Å². The van der Waals surface area contributed by atoms with E-state index in [1.165, 1.54) is 19.2 Å². The second kappa shape index (κ2) is 9.51. The van der Waals surface area contributed by atoms with Gasteiger partial charge < -0.3 is 14.8 Å². The standard InChI is InChI=1S/C18H16F2N2O6/c1-27-7-6-21-16-5-3-12(22(25)26)9-13(16)18(24)28-10-17(23)11-2-4-14(19)15(20)8-11/h2-5,8-9,21H,6-7,10H2,1H3. The van der Waals surface area contributed by atoms with Crippen molar-refractivity contribution in [2.75, 3.05) is 32.2 Å². The van der Waals surface area contributed by atoms with Crippen LogP contribution >= 0.6 is 0 Å². The van der Waals surface area contributed by atoms with Crippen LogP contribution in [0.2, 0.25) is 0 Å². The van der Waals surface area contributed by atoms with Gasteiger partial charge in [0.05, 0.1) is 17.1 Å². The molecule has 148 valence electrons. The molecule has 8 nitrogen and oxygen atoms in total. The Balaban J connectivity index is 2.14. The summed E-state index contributed by atoms with van der Waals surface area (Å²) >= 11 is 0. The number of nitrogens with zero attached hydrogens (tertiary/aromatic N) is 1. The molecule has 0 saturated carbocycles. The summed E-state index contributed by atoms with van der Waals surface area (Å²) in [5.41, 5.74) is -0.406. The van der Waals surface area contributed by atoms with E-state index in [9.17, 15) is 28.5 Å². The van der Waals surface area contributed by atoms with E-state index in [1.54, 1.807) is 0 Å². The van der Waals surface area contributed by atoms with Crippen LogP contribution in [0.3, 0.4) is 0 Å². The van der Waals surface area contributed by atoms with Gasteiger partial charge in [0.1, 0.15) is 0 Å². The minimum atomic E-state index is -1.21. The van der Waals surface area contributed by atoms with Crippen LogP contribution in [0.1, 0.15) is 20.7 Å². The molecule has 2 aromatic rings. The van der Waals surface area contributed by atoms with Gasteiger partial charge in [0.2, 0.25) is 0 Å². The second-order valence-electron chi connectivity index (χ2n) is 5.53. The highest BCUT2D eigenvalue weighted by atomic mass is 19.2. The van der Waals surface area contributed by atoms with Crippen molar-refractivity contribution in [3.8, 4) is 0 Å². The zero-order valence-corrected chi connectivity index (χ0v) is 14.7. The number of ether oxygens (including phenoxy) is 2. The number of anilines is 1. The second-order valence-corrected chi connectivity index (χ2v) is 5.53. The number of carbonyl (C=O) groups excluding carboxylic acids is 2. The molecule has 0 spiro atoms. The summed E-state index contributed by atoms with van der Waals surface area (Å²) < 4.78 is 35.9. The van der Waals surface area contributed by atoms with E-state index in [0.29, 0.717) is 19.2 Å². The third kappa shape index (κ3) is 5.30. The summed E-state index contributed by atoms with van der Waals surface area (Å²) in [6.07, 6.45) is 0. The molecule has 0 aromatic heterocycles. The first-order chi connectivity index (χ1) is 13.3. The summed E-state index contributed by atoms with van der Waals surface area (Å²) in [4.78, 5) is 34.6. The molecule has 0 atom stereocenters. The third-order valence-corrected chi connectivity index (χ3v) is 3.63. The Bertz CT molecular complexity index is 904. The third-order valence-electron chi connectivity index (χ3n) is 3.63. The summed E-state index contributed by atoms with van der Waals surface area (Å²) in [5, 5.41) is 13.8. The maximum absolute atomic E-state index is 13.2. The van der Waals surface area contributed by atoms with Crippen molar-refractivity contribution >= 4 is 23.1 Å². The number of benzene rings is 2. The molecule has 2 aromatic carbocycles. The number of nitro benzene ring substituents is 1. The molecule has 0 aliphatic carbocycles. The van der Waals surface area contributed by atoms with Crippen molar-refractivity contribution in [3.05, 3.63) is 69.3 Å². The molecule has 0 unspecified atom stereocenters. The highest BCUT2D eigenvalue weighted by Crippen LogP contribution is 2.23. The molecule has 0 fully saturated rings. The number of ketones is 1. The lowest BCUT2D eigenvalue weighted by molar-refractivity contribution is -0.384. The first kappa shape index (κ1) is 20.9. The van der Waals surface area contributed by atoms with E-state index in [0.717, 1.165) is 18.2 Å². The van der Waals surface area contributed by atoms with Gasteiger partial charge in [0.25, 0.3) is 5.69 Å². The Labute approximate surface area is 158 Å². The molecule has 0 aliphatic rings. The zero-order chi connectivity index (χ0) is 20.7. The average molecular weight is 394 g/mol. The van der Waals surface area contributed by atoms with Gasteiger partial charge in [-0.25, -0.2) is 13.6 Å². The summed E-state index contributed by atoms with van der Waals surface area (Å²) in [7, 11) is 1.48. The molecule has 0 amide bonds. The monoisotopic (exact) mass is 394 g/mol. The Morgan fingerprint density at radius 3 is 2.54 bits per heavy atom. The molecule has 10 heteroatoms. The van der Waals surface area contributed by atoms with Gasteiger partial charge in [0.15, 0.2) is 24.0 Å². The average Bonchev–Trinajstić information content (AvgIpc) is 2.68. The van der Waals surface area contributed by atoms with Gasteiger partial charge in [-0.3, -0.25) is 14.9 Å². The molecule has 0 saturated heterocycles. The Morgan fingerprint density at radius 2 is 1.89 bits per heavy atom. The van der Waals surface area contributed by atoms with Gasteiger partial charge in [-0.05, 0) is 24.3 Å². The first-order valence-corrected chi connectivity index (χ1v) is 8.00. The smallest absolute Gasteiger partial charge is 0.340 e. The van der Waals surface area contributed by atoms with Crippen LogP contribution in [0.5, 0.6) is 0 Å². The number of rotatable bonds is 9. The van der Waals surface area contributed by atoms with Crippen molar-refractivity contribution in [1.29, 1.82) is 0 Å². The number of nitrogens with one attached hydrogen (secondary N) is 1. The minimum absolute atomic E-state index is 0.150. The fourth-order valence-corrected chi connectivity index (χ4v) is 2.22. The molecule has 2 rings (SSSR count). The predicted octanol–water partition coefficient (Wildman–Crippen LogP) is 2.97. The van der Waals surface area contributed by atoms with Gasteiger partial charge >= 0.3 is 5.97 Å². The highest BCUT2D eigenvalue weighted by Gasteiger charge is 2.20. The van der Waals surface area contributed by atoms with Crippen LogP contribution in [0.4, 0.5) is 20.2 Å². The molecule has 0 heterocycles. The van der Waals surface area contributed by atoms with Crippen molar-refractivity contribution in [2.45, 2.75) is 0 Å². The number of hydrogen-bond acceptors (Lipinski definition) is 7. The van der Waals surface area contributed by atoms with E-state index in [-0.39, 0.29) is 22.5 Å². The van der Waals surface area contributed by atoms with E-state index < -0.39 is 34.9 Å². The van der Waals surface area contributed by atoms with Crippen LogP contribution in [0.25, 0.3) is 0 Å². The number of hydrogen-bond donors (Lipinski definition) is 1. The van der Waals surface area contributed by atoms with Gasteiger partial charge in [0, 0.05) is 37.0 Å². The van der Waals surface area contributed by atoms with Crippen LogP contribution in [-0.4, -0.2) is 43.5 Å². The first-order valence-electron chi connectivity index (χ1n) is 8.00. The number of halogens is 2. The summed E-state index contributed by atoms with van der Waals surface area (Å²) in [6.45, 7) is -0.105. The number of Topliss-reactive ketones (excluding diaryl/α,β-unsaturated/α-hetero) is 1. The van der Waals surface area contributed by atoms with Gasteiger partial charge in [-0.1, -0.05) is 0 Å². The number of nitro groups is 1. The van der Waals surface area contributed by atoms with Crippen molar-refractivity contribution in [3.63, 3.8) is 0 Å². The normalized spacial score (nSPS) is 10.4. The molecule has 28 heavy (non-hydrogen) atoms. The van der Waals surface area contributed by atoms with Gasteiger partial charge in [-0.2, -0.15) is 0 Å². The maximum atomic E-state index is 13.2. The van der Waals surface area contributed by atoms with Gasteiger partial charge in [-0.15, -0.1) is 0 Å². The molecular weight excluding hydrogens is 378 g/mol. The summed E-state index contributed by atoms with van der Waals surface area (Å²) in [5.74, 6) is -4.07. The topological polar surface area (TPSA) is 108 Å². The number of methoxy groups -OCH3 is 1. The summed E-state index contributed by atoms with van der Waals surface area (Å²) in [6, 6.07) is 6.08. The lowest BCUT2D eigenvalue weighted by Crippen LogP contribution is -2.17. The lowest BCUT2D eigenvalue weighted by Gasteiger charge is -2.11. The fraction of sp³-hybridized carbons (Fsp3) is 0.222. The fourth-order valence-electron chi connectivity index (χ4n) is 2.22. The van der Waals surface area contributed by atoms with E-state index in [1.807, 2.05) is 0 Å². The number of non-ortho nitro benzene ring substituents is 1. The van der Waals surface area contributed by atoms with E-state index >= 15 is 0 Å².